The van der Waals surface area contributed by atoms with Gasteiger partial charge in [-0.25, -0.2) is 0 Å². The first-order valence-electron chi connectivity index (χ1n) is 6.57. The molecule has 1 fully saturated rings. The van der Waals surface area contributed by atoms with Gasteiger partial charge in [0.05, 0.1) is 12.7 Å². The van der Waals surface area contributed by atoms with E-state index in [-0.39, 0.29) is 24.1 Å². The van der Waals surface area contributed by atoms with E-state index >= 15 is 0 Å². The zero-order valence-electron chi connectivity index (χ0n) is 11.6. The first-order valence-corrected chi connectivity index (χ1v) is 6.57. The van der Waals surface area contributed by atoms with Crippen LogP contribution in [0.2, 0.25) is 0 Å². The standard InChI is InChI=1S/C12H21N5O2/c1-7(2)19-12-16-10(13)15-11(17-12)14-8(3)9-4-5-18-6-9/h7-9H,4-6H2,1-3H3,(H3,13,14,15,16,17). The molecule has 0 spiro atoms. The second-order valence-corrected chi connectivity index (χ2v) is 5.02. The fraction of sp³-hybridized carbons (Fsp3) is 0.750. The maximum atomic E-state index is 5.66. The van der Waals surface area contributed by atoms with Crippen LogP contribution in [0.1, 0.15) is 27.2 Å². The molecule has 7 heteroatoms. The number of nitrogens with two attached hydrogens (primary N) is 1. The number of ether oxygens (including phenoxy) is 2. The molecule has 3 N–H and O–H groups in total. The lowest BCUT2D eigenvalue weighted by molar-refractivity contribution is 0.183. The Balaban J connectivity index is 2.04. The van der Waals surface area contributed by atoms with Crippen molar-refractivity contribution in [2.45, 2.75) is 39.3 Å². The summed E-state index contributed by atoms with van der Waals surface area (Å²) in [7, 11) is 0. The third-order valence-corrected chi connectivity index (χ3v) is 3.00. The van der Waals surface area contributed by atoms with E-state index in [0.29, 0.717) is 11.9 Å². The lowest BCUT2D eigenvalue weighted by Gasteiger charge is -2.19. The minimum Gasteiger partial charge on any atom is -0.461 e. The summed E-state index contributed by atoms with van der Waals surface area (Å²) in [5.41, 5.74) is 5.66. The van der Waals surface area contributed by atoms with Crippen LogP contribution in [0.15, 0.2) is 0 Å². The third kappa shape index (κ3) is 3.92. The maximum absolute atomic E-state index is 5.66. The molecule has 2 rings (SSSR count). The van der Waals surface area contributed by atoms with Crippen LogP contribution in [0.5, 0.6) is 6.01 Å². The lowest BCUT2D eigenvalue weighted by Crippen LogP contribution is -2.27. The van der Waals surface area contributed by atoms with Crippen LogP contribution in [0.3, 0.4) is 0 Å². The van der Waals surface area contributed by atoms with Crippen molar-refractivity contribution in [3.63, 3.8) is 0 Å². The van der Waals surface area contributed by atoms with E-state index in [1.165, 1.54) is 0 Å². The fourth-order valence-corrected chi connectivity index (χ4v) is 1.97. The fourth-order valence-electron chi connectivity index (χ4n) is 1.97. The Kier molecular flexibility index (Phi) is 4.36. The van der Waals surface area contributed by atoms with E-state index in [2.05, 4.69) is 27.2 Å². The highest BCUT2D eigenvalue weighted by Gasteiger charge is 2.23. The SMILES string of the molecule is CC(C)Oc1nc(N)nc(NC(C)C2CCOC2)n1. The number of nitrogens with one attached hydrogen (secondary N) is 1. The molecule has 0 amide bonds. The van der Waals surface area contributed by atoms with Crippen molar-refractivity contribution in [3.8, 4) is 6.01 Å². The molecule has 106 valence electrons. The lowest BCUT2D eigenvalue weighted by atomic mass is 10.0. The van der Waals surface area contributed by atoms with Crippen molar-refractivity contribution < 1.29 is 9.47 Å². The number of nitrogens with zero attached hydrogens (tertiary/aromatic N) is 3. The van der Waals surface area contributed by atoms with E-state index in [1.807, 2.05) is 13.8 Å². The zero-order valence-corrected chi connectivity index (χ0v) is 11.6. The highest BCUT2D eigenvalue weighted by Crippen LogP contribution is 2.19. The molecule has 1 aliphatic rings. The number of anilines is 2. The molecule has 1 aromatic heterocycles. The summed E-state index contributed by atoms with van der Waals surface area (Å²) in [6.45, 7) is 7.49. The molecule has 0 saturated carbocycles. The number of aromatic nitrogens is 3. The summed E-state index contributed by atoms with van der Waals surface area (Å²) < 4.78 is 10.8. The summed E-state index contributed by atoms with van der Waals surface area (Å²) in [5, 5.41) is 3.24. The van der Waals surface area contributed by atoms with Crippen LogP contribution < -0.4 is 15.8 Å². The average molecular weight is 267 g/mol. The summed E-state index contributed by atoms with van der Waals surface area (Å²) >= 11 is 0. The van der Waals surface area contributed by atoms with Gasteiger partial charge in [-0.05, 0) is 27.2 Å². The molecule has 2 atom stereocenters. The molecule has 2 heterocycles. The van der Waals surface area contributed by atoms with E-state index in [9.17, 15) is 0 Å². The summed E-state index contributed by atoms with van der Waals surface area (Å²) in [5.74, 6) is 1.07. The third-order valence-electron chi connectivity index (χ3n) is 3.00. The van der Waals surface area contributed by atoms with Gasteiger partial charge in [0.25, 0.3) is 0 Å². The van der Waals surface area contributed by atoms with E-state index in [4.69, 9.17) is 15.2 Å². The molecule has 19 heavy (non-hydrogen) atoms. The zero-order chi connectivity index (χ0) is 13.8. The summed E-state index contributed by atoms with van der Waals surface area (Å²) in [6, 6.07) is 0.469. The quantitative estimate of drug-likeness (QED) is 0.824. The van der Waals surface area contributed by atoms with Crippen LogP contribution >= 0.6 is 0 Å². The van der Waals surface area contributed by atoms with Gasteiger partial charge in [-0.15, -0.1) is 0 Å². The number of rotatable bonds is 5. The van der Waals surface area contributed by atoms with Gasteiger partial charge in [0, 0.05) is 18.6 Å². The molecular weight excluding hydrogens is 246 g/mol. The van der Waals surface area contributed by atoms with Gasteiger partial charge in [0.15, 0.2) is 0 Å². The van der Waals surface area contributed by atoms with Gasteiger partial charge in [0.1, 0.15) is 0 Å². The first-order chi connectivity index (χ1) is 9.04. The molecule has 1 aromatic rings. The average Bonchev–Trinajstić information content (AvgIpc) is 2.79. The number of nitrogen functional groups attached to an aromatic ring is 1. The van der Waals surface area contributed by atoms with Gasteiger partial charge < -0.3 is 20.5 Å². The van der Waals surface area contributed by atoms with Crippen LogP contribution in [-0.2, 0) is 4.74 Å². The van der Waals surface area contributed by atoms with Crippen molar-refractivity contribution in [1.29, 1.82) is 0 Å². The Hall–Kier alpha value is -1.63. The molecule has 1 saturated heterocycles. The highest BCUT2D eigenvalue weighted by atomic mass is 16.5. The molecule has 0 aliphatic carbocycles. The first kappa shape index (κ1) is 13.8. The van der Waals surface area contributed by atoms with Gasteiger partial charge in [-0.2, -0.15) is 15.0 Å². The Morgan fingerprint density at radius 3 is 2.74 bits per heavy atom. The van der Waals surface area contributed by atoms with Gasteiger partial charge in [-0.3, -0.25) is 0 Å². The Morgan fingerprint density at radius 2 is 2.11 bits per heavy atom. The van der Waals surface area contributed by atoms with Crippen molar-refractivity contribution >= 4 is 11.9 Å². The number of hydrogen-bond donors (Lipinski definition) is 2. The molecule has 1 aliphatic heterocycles. The van der Waals surface area contributed by atoms with Crippen LogP contribution in [0.25, 0.3) is 0 Å². The highest BCUT2D eigenvalue weighted by molar-refractivity contribution is 5.33. The smallest absolute Gasteiger partial charge is 0.323 e. The van der Waals surface area contributed by atoms with Crippen molar-refractivity contribution in [2.75, 3.05) is 24.3 Å². The van der Waals surface area contributed by atoms with Crippen molar-refractivity contribution in [1.82, 2.24) is 15.0 Å². The van der Waals surface area contributed by atoms with Crippen molar-refractivity contribution in [3.05, 3.63) is 0 Å². The summed E-state index contributed by atoms with van der Waals surface area (Å²) in [6.07, 6.45) is 1.04. The molecule has 0 aromatic carbocycles. The summed E-state index contributed by atoms with van der Waals surface area (Å²) in [4.78, 5) is 12.2. The van der Waals surface area contributed by atoms with Crippen LogP contribution in [0.4, 0.5) is 11.9 Å². The van der Waals surface area contributed by atoms with E-state index in [0.717, 1.165) is 19.6 Å². The minimum absolute atomic E-state index is 0.00435. The molecular formula is C12H21N5O2. The monoisotopic (exact) mass is 267 g/mol. The molecule has 2 unspecified atom stereocenters. The predicted molar refractivity (Wildman–Crippen MR) is 72.0 cm³/mol. The van der Waals surface area contributed by atoms with Gasteiger partial charge >= 0.3 is 6.01 Å². The topological polar surface area (TPSA) is 95.2 Å². The van der Waals surface area contributed by atoms with Crippen LogP contribution in [0, 0.1) is 5.92 Å². The molecule has 0 radical (unpaired) electrons. The maximum Gasteiger partial charge on any atom is 0.323 e. The normalized spacial score (nSPS) is 20.5. The van der Waals surface area contributed by atoms with Crippen LogP contribution in [-0.4, -0.2) is 40.3 Å². The second kappa shape index (κ2) is 6.01. The number of hydrogen-bond acceptors (Lipinski definition) is 7. The van der Waals surface area contributed by atoms with Gasteiger partial charge in [-0.1, -0.05) is 0 Å². The molecule has 0 bridgehead atoms. The van der Waals surface area contributed by atoms with Crippen molar-refractivity contribution in [2.24, 2.45) is 5.92 Å². The Labute approximate surface area is 112 Å². The molecule has 7 nitrogen and oxygen atoms in total. The van der Waals surface area contributed by atoms with Gasteiger partial charge in [0.2, 0.25) is 11.9 Å². The predicted octanol–water partition coefficient (Wildman–Crippen LogP) is 1.08. The van der Waals surface area contributed by atoms with E-state index < -0.39 is 0 Å². The van der Waals surface area contributed by atoms with E-state index in [1.54, 1.807) is 0 Å². The second-order valence-electron chi connectivity index (χ2n) is 5.02. The largest absolute Gasteiger partial charge is 0.461 e. The Bertz CT molecular complexity index is 421. The minimum atomic E-state index is -0.00435. The Morgan fingerprint density at radius 1 is 1.32 bits per heavy atom.